The Kier molecular flexibility index (Phi) is 56.8. The summed E-state index contributed by atoms with van der Waals surface area (Å²) in [7, 11) is 0. The molecule has 0 saturated heterocycles. The molecule has 0 aromatic rings. The van der Waals surface area contributed by atoms with Crippen LogP contribution < -0.4 is 0 Å². The molecular formula is C65H114O6. The summed E-state index contributed by atoms with van der Waals surface area (Å²) in [5.74, 6) is -0.954. The van der Waals surface area contributed by atoms with Crippen LogP contribution in [0.1, 0.15) is 303 Å². The van der Waals surface area contributed by atoms with Crippen molar-refractivity contribution in [3.63, 3.8) is 0 Å². The van der Waals surface area contributed by atoms with Crippen LogP contribution >= 0.6 is 0 Å². The maximum absolute atomic E-state index is 12.9. The van der Waals surface area contributed by atoms with Gasteiger partial charge in [0.2, 0.25) is 0 Å². The van der Waals surface area contributed by atoms with Crippen molar-refractivity contribution in [2.45, 2.75) is 309 Å². The van der Waals surface area contributed by atoms with Gasteiger partial charge in [-0.3, -0.25) is 14.4 Å². The molecule has 0 unspecified atom stereocenters. The Morgan fingerprint density at radius 3 is 0.887 bits per heavy atom. The number of rotatable bonds is 55. The molecule has 0 aliphatic heterocycles. The van der Waals surface area contributed by atoms with Crippen LogP contribution in [0.25, 0.3) is 0 Å². The Hall–Kier alpha value is -3.15. The number of hydrogen-bond acceptors (Lipinski definition) is 6. The highest BCUT2D eigenvalue weighted by Gasteiger charge is 2.19. The van der Waals surface area contributed by atoms with Crippen LogP contribution in [0.3, 0.4) is 0 Å². The maximum Gasteiger partial charge on any atom is 0.306 e. The summed E-state index contributed by atoms with van der Waals surface area (Å²) in [4.78, 5) is 38.2. The van der Waals surface area contributed by atoms with E-state index in [1.807, 2.05) is 0 Å². The summed E-state index contributed by atoms with van der Waals surface area (Å²) in [6, 6.07) is 0. The van der Waals surface area contributed by atoms with E-state index < -0.39 is 6.10 Å². The lowest BCUT2D eigenvalue weighted by molar-refractivity contribution is -0.167. The molecule has 0 saturated carbocycles. The van der Waals surface area contributed by atoms with E-state index in [2.05, 4.69) is 93.7 Å². The SMILES string of the molecule is CCCCC/C=C\C/C=C\CCCCCCCC(=O)OC[C@H](COC(=O)CCC/C=C\C/C=C\C/C=C\CCCCCCCC)OC(=O)CCCCCCCCCCCCC/C=C\CCCCCCCC. The number of ether oxygens (including phenoxy) is 3. The topological polar surface area (TPSA) is 78.9 Å². The summed E-state index contributed by atoms with van der Waals surface area (Å²) in [6.45, 7) is 6.57. The molecule has 0 radical (unpaired) electrons. The standard InChI is InChI=1S/C65H114O6/c1-4-7-10-13-16-19-22-25-28-30-31-32-33-35-38-41-44-47-50-53-56-59-65(68)71-62(60-69-63(66)57-54-51-48-45-42-39-36-27-24-21-18-15-12-9-6-3)61-70-64(67)58-55-52-49-46-43-40-37-34-29-26-23-20-17-14-11-8-5-2/h18,21,25-29,36-37,40,46,49,62H,4-17,19-20,22-24,30-35,38-39,41-45,47-48,50-61H2,1-3H3/b21-18-,28-25-,29-26-,36-27-,40-37-,49-46-/t62-/m1/s1. The zero-order valence-electron chi connectivity index (χ0n) is 47.0. The van der Waals surface area contributed by atoms with Crippen molar-refractivity contribution >= 4 is 17.9 Å². The van der Waals surface area contributed by atoms with Gasteiger partial charge in [-0.1, -0.05) is 248 Å². The van der Waals surface area contributed by atoms with E-state index in [-0.39, 0.29) is 37.5 Å². The van der Waals surface area contributed by atoms with Crippen molar-refractivity contribution in [2.75, 3.05) is 13.2 Å². The van der Waals surface area contributed by atoms with Gasteiger partial charge < -0.3 is 14.2 Å². The molecule has 0 amide bonds. The molecule has 0 aromatic carbocycles. The highest BCUT2D eigenvalue weighted by atomic mass is 16.6. The number of hydrogen-bond donors (Lipinski definition) is 0. The highest BCUT2D eigenvalue weighted by molar-refractivity contribution is 5.71. The zero-order valence-corrected chi connectivity index (χ0v) is 47.0. The van der Waals surface area contributed by atoms with Gasteiger partial charge in [-0.15, -0.1) is 0 Å². The minimum absolute atomic E-state index is 0.0976. The first kappa shape index (κ1) is 67.8. The summed E-state index contributed by atoms with van der Waals surface area (Å²) in [6.07, 6.45) is 76.2. The van der Waals surface area contributed by atoms with Crippen LogP contribution in [0.4, 0.5) is 0 Å². The molecule has 6 heteroatoms. The van der Waals surface area contributed by atoms with Crippen molar-refractivity contribution in [1.29, 1.82) is 0 Å². The molecule has 0 aliphatic rings. The Morgan fingerprint density at radius 2 is 0.521 bits per heavy atom. The number of unbranched alkanes of at least 4 members (excludes halogenated alkanes) is 32. The largest absolute Gasteiger partial charge is 0.462 e. The normalized spacial score (nSPS) is 12.5. The van der Waals surface area contributed by atoms with Crippen molar-refractivity contribution in [1.82, 2.24) is 0 Å². The van der Waals surface area contributed by atoms with E-state index in [9.17, 15) is 14.4 Å². The molecular weight excluding hydrogens is 877 g/mol. The third-order valence-corrected chi connectivity index (χ3v) is 13.2. The number of carbonyl (C=O) groups is 3. The second-order valence-corrected chi connectivity index (χ2v) is 20.2. The summed E-state index contributed by atoms with van der Waals surface area (Å²) < 4.78 is 16.8. The predicted octanol–water partition coefficient (Wildman–Crippen LogP) is 20.5. The first-order valence-corrected chi connectivity index (χ1v) is 30.4. The molecule has 0 N–H and O–H groups in total. The Labute approximate surface area is 440 Å². The first-order chi connectivity index (χ1) is 35.0. The van der Waals surface area contributed by atoms with E-state index in [0.29, 0.717) is 19.3 Å². The van der Waals surface area contributed by atoms with Crippen LogP contribution in [-0.4, -0.2) is 37.2 Å². The zero-order chi connectivity index (χ0) is 51.4. The molecule has 0 aromatic heterocycles. The minimum atomic E-state index is -0.802. The van der Waals surface area contributed by atoms with Crippen LogP contribution in [0, 0.1) is 0 Å². The quantitative estimate of drug-likeness (QED) is 0.0261. The van der Waals surface area contributed by atoms with Gasteiger partial charge in [-0.2, -0.15) is 0 Å². The molecule has 410 valence electrons. The van der Waals surface area contributed by atoms with Crippen LogP contribution in [0.15, 0.2) is 72.9 Å². The summed E-state index contributed by atoms with van der Waals surface area (Å²) in [5, 5.41) is 0. The van der Waals surface area contributed by atoms with Crippen molar-refractivity contribution < 1.29 is 28.6 Å². The molecule has 6 nitrogen and oxygen atoms in total. The monoisotopic (exact) mass is 991 g/mol. The van der Waals surface area contributed by atoms with Gasteiger partial charge in [-0.25, -0.2) is 0 Å². The van der Waals surface area contributed by atoms with Gasteiger partial charge in [0.1, 0.15) is 13.2 Å². The van der Waals surface area contributed by atoms with Crippen molar-refractivity contribution in [3.05, 3.63) is 72.9 Å². The van der Waals surface area contributed by atoms with Gasteiger partial charge in [0, 0.05) is 19.3 Å². The summed E-state index contributed by atoms with van der Waals surface area (Å²) >= 11 is 0. The van der Waals surface area contributed by atoms with Gasteiger partial charge in [-0.05, 0) is 109 Å². The second kappa shape index (κ2) is 59.4. The number of allylic oxidation sites excluding steroid dienone is 12. The van der Waals surface area contributed by atoms with Gasteiger partial charge >= 0.3 is 17.9 Å². The van der Waals surface area contributed by atoms with Gasteiger partial charge in [0.25, 0.3) is 0 Å². The van der Waals surface area contributed by atoms with Gasteiger partial charge in [0.05, 0.1) is 0 Å². The molecule has 0 heterocycles. The predicted molar refractivity (Wildman–Crippen MR) is 307 cm³/mol. The average Bonchev–Trinajstić information content (AvgIpc) is 3.37. The highest BCUT2D eigenvalue weighted by Crippen LogP contribution is 2.15. The van der Waals surface area contributed by atoms with Crippen LogP contribution in [0.5, 0.6) is 0 Å². The van der Waals surface area contributed by atoms with Crippen LogP contribution in [-0.2, 0) is 28.6 Å². The van der Waals surface area contributed by atoms with E-state index in [1.54, 1.807) is 0 Å². The molecule has 1 atom stereocenters. The van der Waals surface area contributed by atoms with E-state index in [4.69, 9.17) is 14.2 Å². The third kappa shape index (κ3) is 57.6. The molecule has 0 rings (SSSR count). The fourth-order valence-electron chi connectivity index (χ4n) is 8.54. The van der Waals surface area contributed by atoms with Crippen molar-refractivity contribution in [2.24, 2.45) is 0 Å². The molecule has 0 aliphatic carbocycles. The lowest BCUT2D eigenvalue weighted by atomic mass is 10.0. The smallest absolute Gasteiger partial charge is 0.306 e. The fraction of sp³-hybridized carbons (Fsp3) is 0.769. The lowest BCUT2D eigenvalue weighted by Crippen LogP contribution is -2.30. The minimum Gasteiger partial charge on any atom is -0.462 e. The Morgan fingerprint density at radius 1 is 0.282 bits per heavy atom. The number of carbonyl (C=O) groups excluding carboxylic acids is 3. The molecule has 0 fully saturated rings. The van der Waals surface area contributed by atoms with Crippen LogP contribution in [0.2, 0.25) is 0 Å². The lowest BCUT2D eigenvalue weighted by Gasteiger charge is -2.18. The molecule has 0 bridgehead atoms. The van der Waals surface area contributed by atoms with Gasteiger partial charge in [0.15, 0.2) is 6.10 Å². The number of esters is 3. The fourth-order valence-corrected chi connectivity index (χ4v) is 8.54. The second-order valence-electron chi connectivity index (χ2n) is 20.2. The Bertz CT molecular complexity index is 1320. The van der Waals surface area contributed by atoms with E-state index >= 15 is 0 Å². The average molecular weight is 992 g/mol. The van der Waals surface area contributed by atoms with E-state index in [1.165, 1.54) is 173 Å². The third-order valence-electron chi connectivity index (χ3n) is 13.2. The summed E-state index contributed by atoms with van der Waals surface area (Å²) in [5.41, 5.74) is 0. The maximum atomic E-state index is 12.9. The van der Waals surface area contributed by atoms with E-state index in [0.717, 1.165) is 83.5 Å². The molecule has 71 heavy (non-hydrogen) atoms. The first-order valence-electron chi connectivity index (χ1n) is 30.4. The van der Waals surface area contributed by atoms with Crippen molar-refractivity contribution in [3.8, 4) is 0 Å². The Balaban J connectivity index is 4.43. The molecule has 0 spiro atoms.